The maximum Gasteiger partial charge on any atom is 0.121 e. The SMILES string of the molecule is Cc1cc(O)c(C(O)CCN)cc1Cl. The molecule has 4 N–H and O–H groups in total. The fourth-order valence-electron chi connectivity index (χ4n) is 1.26. The Hall–Kier alpha value is -0.770. The van der Waals surface area contributed by atoms with Gasteiger partial charge in [-0.2, -0.15) is 0 Å². The first-order valence-electron chi connectivity index (χ1n) is 4.43. The van der Waals surface area contributed by atoms with Gasteiger partial charge >= 0.3 is 0 Å². The Kier molecular flexibility index (Phi) is 3.75. The van der Waals surface area contributed by atoms with Crippen LogP contribution in [-0.2, 0) is 0 Å². The third kappa shape index (κ3) is 2.38. The van der Waals surface area contributed by atoms with Crippen molar-refractivity contribution in [2.75, 3.05) is 6.54 Å². The molecule has 0 amide bonds. The minimum Gasteiger partial charge on any atom is -0.508 e. The van der Waals surface area contributed by atoms with Crippen LogP contribution in [0.4, 0.5) is 0 Å². The van der Waals surface area contributed by atoms with Crippen LogP contribution >= 0.6 is 11.6 Å². The maximum atomic E-state index is 9.62. The predicted molar refractivity (Wildman–Crippen MR) is 56.5 cm³/mol. The summed E-state index contributed by atoms with van der Waals surface area (Å²) in [5.74, 6) is 0.0628. The van der Waals surface area contributed by atoms with Gasteiger partial charge in [0.05, 0.1) is 6.10 Å². The summed E-state index contributed by atoms with van der Waals surface area (Å²) >= 11 is 5.88. The largest absolute Gasteiger partial charge is 0.508 e. The molecule has 0 aromatic heterocycles. The van der Waals surface area contributed by atoms with Gasteiger partial charge < -0.3 is 15.9 Å². The van der Waals surface area contributed by atoms with E-state index < -0.39 is 6.10 Å². The van der Waals surface area contributed by atoms with Crippen LogP contribution in [0.1, 0.15) is 23.7 Å². The maximum absolute atomic E-state index is 9.62. The molecule has 0 saturated carbocycles. The number of hydrogen-bond acceptors (Lipinski definition) is 3. The van der Waals surface area contributed by atoms with Crippen molar-refractivity contribution in [3.63, 3.8) is 0 Å². The van der Waals surface area contributed by atoms with Crippen LogP contribution in [0.2, 0.25) is 5.02 Å². The van der Waals surface area contributed by atoms with Crippen molar-refractivity contribution >= 4 is 11.6 Å². The number of aliphatic hydroxyl groups is 1. The van der Waals surface area contributed by atoms with Gasteiger partial charge in [-0.25, -0.2) is 0 Å². The lowest BCUT2D eigenvalue weighted by Crippen LogP contribution is -2.07. The monoisotopic (exact) mass is 215 g/mol. The van der Waals surface area contributed by atoms with Gasteiger partial charge in [-0.1, -0.05) is 11.6 Å². The third-order valence-electron chi connectivity index (χ3n) is 2.11. The molecule has 0 aliphatic heterocycles. The number of phenols is 1. The molecule has 1 aromatic rings. The quantitative estimate of drug-likeness (QED) is 0.720. The first-order valence-corrected chi connectivity index (χ1v) is 4.81. The van der Waals surface area contributed by atoms with Crippen LogP contribution in [0.5, 0.6) is 5.75 Å². The normalized spacial score (nSPS) is 12.9. The lowest BCUT2D eigenvalue weighted by Gasteiger charge is -2.12. The van der Waals surface area contributed by atoms with Crippen LogP contribution in [0.25, 0.3) is 0 Å². The Labute approximate surface area is 88.1 Å². The van der Waals surface area contributed by atoms with Crippen molar-refractivity contribution in [2.45, 2.75) is 19.4 Å². The molecule has 14 heavy (non-hydrogen) atoms. The summed E-state index contributed by atoms with van der Waals surface area (Å²) in [5, 5.41) is 19.7. The molecule has 0 radical (unpaired) electrons. The minimum absolute atomic E-state index is 0.0628. The number of halogens is 1. The summed E-state index contributed by atoms with van der Waals surface area (Å²) in [6.45, 7) is 2.16. The van der Waals surface area contributed by atoms with Crippen molar-refractivity contribution in [1.82, 2.24) is 0 Å². The first-order chi connectivity index (χ1) is 6.56. The molecule has 1 atom stereocenters. The van der Waals surface area contributed by atoms with Crippen LogP contribution in [0, 0.1) is 6.92 Å². The van der Waals surface area contributed by atoms with E-state index in [9.17, 15) is 10.2 Å². The average Bonchev–Trinajstić information content (AvgIpc) is 2.11. The highest BCUT2D eigenvalue weighted by Crippen LogP contribution is 2.31. The smallest absolute Gasteiger partial charge is 0.121 e. The average molecular weight is 216 g/mol. The number of hydrogen-bond donors (Lipinski definition) is 3. The van der Waals surface area contributed by atoms with Gasteiger partial charge in [0.2, 0.25) is 0 Å². The lowest BCUT2D eigenvalue weighted by molar-refractivity contribution is 0.166. The van der Waals surface area contributed by atoms with Gasteiger partial charge in [0.1, 0.15) is 5.75 Å². The molecule has 0 spiro atoms. The van der Waals surface area contributed by atoms with Crippen molar-refractivity contribution in [2.24, 2.45) is 5.73 Å². The fraction of sp³-hybridized carbons (Fsp3) is 0.400. The highest BCUT2D eigenvalue weighted by Gasteiger charge is 2.13. The van der Waals surface area contributed by atoms with E-state index in [1.54, 1.807) is 13.0 Å². The van der Waals surface area contributed by atoms with Crippen LogP contribution < -0.4 is 5.73 Å². The van der Waals surface area contributed by atoms with Crippen molar-refractivity contribution in [1.29, 1.82) is 0 Å². The summed E-state index contributed by atoms with van der Waals surface area (Å²) in [7, 11) is 0. The van der Waals surface area contributed by atoms with Gasteiger partial charge in [0, 0.05) is 10.6 Å². The van der Waals surface area contributed by atoms with Crippen molar-refractivity contribution < 1.29 is 10.2 Å². The third-order valence-corrected chi connectivity index (χ3v) is 2.51. The fourth-order valence-corrected chi connectivity index (χ4v) is 1.43. The molecule has 1 unspecified atom stereocenters. The second-order valence-electron chi connectivity index (χ2n) is 3.25. The van der Waals surface area contributed by atoms with E-state index in [-0.39, 0.29) is 5.75 Å². The Morgan fingerprint density at radius 3 is 2.71 bits per heavy atom. The summed E-state index contributed by atoms with van der Waals surface area (Å²) < 4.78 is 0. The van der Waals surface area contributed by atoms with E-state index >= 15 is 0 Å². The van der Waals surface area contributed by atoms with Gasteiger partial charge in [0.15, 0.2) is 0 Å². The van der Waals surface area contributed by atoms with Gasteiger partial charge in [-0.05, 0) is 37.6 Å². The summed E-state index contributed by atoms with van der Waals surface area (Å²) in [5.41, 5.74) is 6.53. The van der Waals surface area contributed by atoms with Crippen LogP contribution in [0.3, 0.4) is 0 Å². The van der Waals surface area contributed by atoms with E-state index in [4.69, 9.17) is 17.3 Å². The topological polar surface area (TPSA) is 66.5 Å². The molecule has 4 heteroatoms. The number of nitrogens with two attached hydrogens (primary N) is 1. The predicted octanol–water partition coefficient (Wildman–Crippen LogP) is 1.74. The van der Waals surface area contributed by atoms with Gasteiger partial charge in [-0.3, -0.25) is 0 Å². The van der Waals surface area contributed by atoms with Crippen LogP contribution in [0.15, 0.2) is 12.1 Å². The number of rotatable bonds is 3. The molecule has 0 fully saturated rings. The Balaban J connectivity index is 3.02. The molecule has 0 heterocycles. The molecule has 78 valence electrons. The van der Waals surface area contributed by atoms with Crippen molar-refractivity contribution in [3.05, 3.63) is 28.3 Å². The highest BCUT2D eigenvalue weighted by atomic mass is 35.5. The number of benzene rings is 1. The van der Waals surface area contributed by atoms with E-state index in [0.717, 1.165) is 5.56 Å². The minimum atomic E-state index is -0.752. The highest BCUT2D eigenvalue weighted by molar-refractivity contribution is 6.31. The molecule has 0 aliphatic rings. The molecule has 3 nitrogen and oxygen atoms in total. The number of aromatic hydroxyl groups is 1. The molecule has 1 rings (SSSR count). The zero-order valence-corrected chi connectivity index (χ0v) is 8.75. The molecule has 1 aromatic carbocycles. The molecule has 0 bridgehead atoms. The van der Waals surface area contributed by atoms with E-state index in [0.29, 0.717) is 23.6 Å². The molecular formula is C10H14ClNO2. The summed E-state index contributed by atoms with van der Waals surface area (Å²) in [6.07, 6.45) is -0.342. The zero-order valence-electron chi connectivity index (χ0n) is 8.00. The summed E-state index contributed by atoms with van der Waals surface area (Å²) in [6, 6.07) is 3.12. The van der Waals surface area contributed by atoms with E-state index in [1.165, 1.54) is 6.07 Å². The number of aliphatic hydroxyl groups excluding tert-OH is 1. The second-order valence-corrected chi connectivity index (χ2v) is 3.66. The second kappa shape index (κ2) is 4.64. The summed E-state index contributed by atoms with van der Waals surface area (Å²) in [4.78, 5) is 0. The van der Waals surface area contributed by atoms with E-state index in [1.807, 2.05) is 0 Å². The molecule has 0 aliphatic carbocycles. The standard InChI is InChI=1S/C10H14ClNO2/c1-6-4-10(14)7(5-8(6)11)9(13)2-3-12/h4-5,9,13-14H,2-3,12H2,1H3. The lowest BCUT2D eigenvalue weighted by atomic mass is 10.0. The van der Waals surface area contributed by atoms with E-state index in [2.05, 4.69) is 0 Å². The first kappa shape index (κ1) is 11.3. The van der Waals surface area contributed by atoms with Crippen LogP contribution in [-0.4, -0.2) is 16.8 Å². The number of phenolic OH excluding ortho intramolecular Hbond substituents is 1. The van der Waals surface area contributed by atoms with Gasteiger partial charge in [0.25, 0.3) is 0 Å². The Morgan fingerprint density at radius 1 is 1.50 bits per heavy atom. The number of aryl methyl sites for hydroxylation is 1. The van der Waals surface area contributed by atoms with Gasteiger partial charge in [-0.15, -0.1) is 0 Å². The molecular weight excluding hydrogens is 202 g/mol. The molecule has 0 saturated heterocycles. The zero-order chi connectivity index (χ0) is 10.7. The Bertz CT molecular complexity index is 328. The Morgan fingerprint density at radius 2 is 2.14 bits per heavy atom. The van der Waals surface area contributed by atoms with Crippen molar-refractivity contribution in [3.8, 4) is 5.75 Å².